The maximum Gasteiger partial charge on any atom is 0.138 e. The van der Waals surface area contributed by atoms with Crippen LogP contribution in [0.15, 0.2) is 0 Å². The van der Waals surface area contributed by atoms with Gasteiger partial charge in [-0.25, -0.2) is 0 Å². The summed E-state index contributed by atoms with van der Waals surface area (Å²) in [6, 6.07) is 0. The minimum atomic E-state index is -0.712. The summed E-state index contributed by atoms with van der Waals surface area (Å²) in [5, 5.41) is 14.4. The zero-order valence-electron chi connectivity index (χ0n) is 9.88. The standard InChI is InChI=1S/C9H21N2O3/c1-7-9(4,14-11(5)12)10-8(2,3)13-6/h10H,7H2,1-6H3/q-1. The van der Waals surface area contributed by atoms with E-state index >= 15 is 0 Å². The van der Waals surface area contributed by atoms with Gasteiger partial charge in [0.05, 0.1) is 0 Å². The average molecular weight is 205 g/mol. The van der Waals surface area contributed by atoms with Crippen molar-refractivity contribution >= 4 is 0 Å². The lowest BCUT2D eigenvalue weighted by Gasteiger charge is -2.41. The molecule has 0 aromatic rings. The molecule has 0 spiro atoms. The van der Waals surface area contributed by atoms with E-state index in [1.165, 1.54) is 7.05 Å². The van der Waals surface area contributed by atoms with Crippen LogP contribution in [0.5, 0.6) is 0 Å². The molecular weight excluding hydrogens is 184 g/mol. The lowest BCUT2D eigenvalue weighted by Crippen LogP contribution is -2.57. The van der Waals surface area contributed by atoms with Crippen molar-refractivity contribution in [2.24, 2.45) is 0 Å². The van der Waals surface area contributed by atoms with Gasteiger partial charge in [0.15, 0.2) is 0 Å². The fraction of sp³-hybridized carbons (Fsp3) is 1.00. The fourth-order valence-electron chi connectivity index (χ4n) is 1.15. The van der Waals surface area contributed by atoms with Crippen molar-refractivity contribution in [3.05, 3.63) is 5.21 Å². The second kappa shape index (κ2) is 5.04. The normalized spacial score (nSPS) is 17.1. The van der Waals surface area contributed by atoms with Crippen LogP contribution in [-0.2, 0) is 9.57 Å². The Bertz CT molecular complexity index is 173. The molecule has 0 radical (unpaired) electrons. The molecular formula is C9H21N2O3-. The molecule has 0 heterocycles. The van der Waals surface area contributed by atoms with Gasteiger partial charge in [-0.2, -0.15) is 0 Å². The predicted molar refractivity (Wildman–Crippen MR) is 55.1 cm³/mol. The quantitative estimate of drug-likeness (QED) is 0.525. The van der Waals surface area contributed by atoms with Crippen molar-refractivity contribution in [1.29, 1.82) is 0 Å². The van der Waals surface area contributed by atoms with Crippen molar-refractivity contribution in [3.8, 4) is 0 Å². The highest BCUT2D eigenvalue weighted by molar-refractivity contribution is 4.77. The number of methoxy groups -OCH3 is 1. The molecule has 0 aliphatic heterocycles. The molecule has 0 aromatic heterocycles. The number of rotatable bonds is 6. The summed E-state index contributed by atoms with van der Waals surface area (Å²) < 4.78 is 5.21. The molecule has 5 heteroatoms. The van der Waals surface area contributed by atoms with Crippen molar-refractivity contribution in [3.63, 3.8) is 0 Å². The van der Waals surface area contributed by atoms with Crippen LogP contribution in [0.25, 0.3) is 0 Å². The van der Waals surface area contributed by atoms with Crippen LogP contribution in [0.2, 0.25) is 0 Å². The zero-order chi connectivity index (χ0) is 11.4. The van der Waals surface area contributed by atoms with E-state index in [0.717, 1.165) is 0 Å². The average Bonchev–Trinajstić information content (AvgIpc) is 2.02. The molecule has 0 aliphatic rings. The highest BCUT2D eigenvalue weighted by atomic mass is 16.9. The number of hydroxylamine groups is 2. The molecule has 0 saturated carbocycles. The first-order valence-corrected chi connectivity index (χ1v) is 4.69. The first-order chi connectivity index (χ1) is 6.24. The number of hydrogen-bond donors (Lipinski definition) is 1. The first-order valence-electron chi connectivity index (χ1n) is 4.69. The van der Waals surface area contributed by atoms with E-state index in [2.05, 4.69) is 5.32 Å². The van der Waals surface area contributed by atoms with E-state index in [0.29, 0.717) is 11.6 Å². The van der Waals surface area contributed by atoms with Crippen LogP contribution >= 0.6 is 0 Å². The Hall–Kier alpha value is -0.200. The lowest BCUT2D eigenvalue weighted by atomic mass is 10.1. The molecule has 0 aromatic carbocycles. The summed E-state index contributed by atoms with van der Waals surface area (Å²) in [5.74, 6) is 0. The number of ether oxygens (including phenoxy) is 1. The smallest absolute Gasteiger partial charge is 0.138 e. The van der Waals surface area contributed by atoms with Gasteiger partial charge in [-0.3, -0.25) is 15.4 Å². The minimum absolute atomic E-state index is 0.447. The largest absolute Gasteiger partial charge is 0.762 e. The van der Waals surface area contributed by atoms with Crippen LogP contribution in [0, 0.1) is 5.21 Å². The maximum absolute atomic E-state index is 10.8. The summed E-state index contributed by atoms with van der Waals surface area (Å²) >= 11 is 0. The van der Waals surface area contributed by atoms with Gasteiger partial charge in [-0.05, 0) is 34.2 Å². The summed E-state index contributed by atoms with van der Waals surface area (Å²) in [6.07, 6.45) is 0.659. The van der Waals surface area contributed by atoms with Gasteiger partial charge in [0.1, 0.15) is 11.4 Å². The predicted octanol–water partition coefficient (Wildman–Crippen LogP) is 1.45. The molecule has 1 unspecified atom stereocenters. The van der Waals surface area contributed by atoms with Crippen molar-refractivity contribution < 1.29 is 9.57 Å². The van der Waals surface area contributed by atoms with Crippen molar-refractivity contribution in [2.45, 2.75) is 45.6 Å². The molecule has 1 N–H and O–H groups in total. The molecule has 0 amide bonds. The summed E-state index contributed by atoms with van der Waals surface area (Å²) in [4.78, 5) is 5.11. The summed E-state index contributed by atoms with van der Waals surface area (Å²) in [6.45, 7) is 7.48. The topological polar surface area (TPSA) is 56.8 Å². The van der Waals surface area contributed by atoms with E-state index < -0.39 is 11.4 Å². The third kappa shape index (κ3) is 4.88. The van der Waals surface area contributed by atoms with Crippen LogP contribution in [0.1, 0.15) is 34.1 Å². The van der Waals surface area contributed by atoms with Crippen molar-refractivity contribution in [2.75, 3.05) is 14.2 Å². The molecule has 0 saturated heterocycles. The van der Waals surface area contributed by atoms with Gasteiger partial charge in [-0.1, -0.05) is 6.92 Å². The molecule has 0 aliphatic carbocycles. The zero-order valence-corrected chi connectivity index (χ0v) is 9.88. The first kappa shape index (κ1) is 13.8. The van der Waals surface area contributed by atoms with Crippen LogP contribution in [0.4, 0.5) is 0 Å². The van der Waals surface area contributed by atoms with Gasteiger partial charge >= 0.3 is 0 Å². The monoisotopic (exact) mass is 205 g/mol. The molecule has 0 bridgehead atoms. The molecule has 0 rings (SSSR count). The Morgan fingerprint density at radius 2 is 1.86 bits per heavy atom. The molecule has 86 valence electrons. The highest BCUT2D eigenvalue weighted by Gasteiger charge is 2.31. The second-order valence-corrected chi connectivity index (χ2v) is 3.95. The van der Waals surface area contributed by atoms with Gasteiger partial charge in [0.25, 0.3) is 0 Å². The number of nitrogens with one attached hydrogen (secondary N) is 1. The van der Waals surface area contributed by atoms with Crippen LogP contribution in [-0.4, -0.2) is 30.8 Å². The van der Waals surface area contributed by atoms with E-state index in [1.54, 1.807) is 7.11 Å². The third-order valence-electron chi connectivity index (χ3n) is 2.08. The fourth-order valence-corrected chi connectivity index (χ4v) is 1.15. The van der Waals surface area contributed by atoms with Gasteiger partial charge in [-0.15, -0.1) is 0 Å². The van der Waals surface area contributed by atoms with Gasteiger partial charge in [0.2, 0.25) is 0 Å². The van der Waals surface area contributed by atoms with Crippen LogP contribution < -0.4 is 5.32 Å². The highest BCUT2D eigenvalue weighted by Crippen LogP contribution is 2.17. The van der Waals surface area contributed by atoms with E-state index in [1.807, 2.05) is 27.7 Å². The summed E-state index contributed by atoms with van der Waals surface area (Å²) in [5.41, 5.74) is -1.24. The minimum Gasteiger partial charge on any atom is -0.762 e. The Morgan fingerprint density at radius 3 is 2.14 bits per heavy atom. The Kier molecular flexibility index (Phi) is 4.97. The molecule has 1 atom stereocenters. The van der Waals surface area contributed by atoms with Gasteiger partial charge in [0, 0.05) is 7.11 Å². The Balaban J connectivity index is 4.39. The summed E-state index contributed by atoms with van der Waals surface area (Å²) in [7, 11) is 2.92. The van der Waals surface area contributed by atoms with Crippen molar-refractivity contribution in [1.82, 2.24) is 10.5 Å². The second-order valence-electron chi connectivity index (χ2n) is 3.95. The van der Waals surface area contributed by atoms with E-state index in [9.17, 15) is 5.21 Å². The Morgan fingerprint density at radius 1 is 1.36 bits per heavy atom. The lowest BCUT2D eigenvalue weighted by molar-refractivity contribution is -0.237. The van der Waals surface area contributed by atoms with Crippen LogP contribution in [0.3, 0.4) is 0 Å². The number of nitrogens with zero attached hydrogens (tertiary/aromatic N) is 1. The molecule has 14 heavy (non-hydrogen) atoms. The molecule has 0 fully saturated rings. The Labute approximate surface area is 85.9 Å². The number of hydrogen-bond acceptors (Lipinski definition) is 5. The maximum atomic E-state index is 10.8. The van der Waals surface area contributed by atoms with E-state index in [-0.39, 0.29) is 0 Å². The van der Waals surface area contributed by atoms with E-state index in [4.69, 9.17) is 9.57 Å². The van der Waals surface area contributed by atoms with Gasteiger partial charge < -0.3 is 9.94 Å². The SMILES string of the molecule is CCC(C)(NC(C)(C)OC)ON(C)[O-]. The third-order valence-corrected chi connectivity index (χ3v) is 2.08. The molecule has 5 nitrogen and oxygen atoms in total.